The van der Waals surface area contributed by atoms with Gasteiger partial charge in [0.25, 0.3) is 0 Å². The Labute approximate surface area is 101 Å². The summed E-state index contributed by atoms with van der Waals surface area (Å²) in [6.07, 6.45) is -4.63. The van der Waals surface area contributed by atoms with Crippen LogP contribution in [0.3, 0.4) is 0 Å². The molecule has 0 aromatic heterocycles. The Kier molecular flexibility index (Phi) is 4.05. The third-order valence-corrected chi connectivity index (χ3v) is 2.59. The van der Waals surface area contributed by atoms with E-state index in [-0.39, 0.29) is 5.75 Å². The third-order valence-electron chi connectivity index (χ3n) is 1.32. The van der Waals surface area contributed by atoms with Gasteiger partial charge in [-0.1, -0.05) is 15.9 Å². The zero-order valence-electron chi connectivity index (χ0n) is 6.74. The molecule has 0 aliphatic carbocycles. The molecular formula is C8H5BrF3IO. The summed E-state index contributed by atoms with van der Waals surface area (Å²) in [6, 6.07) is 4.46. The van der Waals surface area contributed by atoms with Gasteiger partial charge in [0.05, 0.1) is 0 Å². The molecule has 0 radical (unpaired) electrons. The molecule has 1 nitrogen and oxygen atoms in total. The normalized spacial score (nSPS) is 11.5. The van der Waals surface area contributed by atoms with E-state index in [4.69, 9.17) is 0 Å². The number of halogens is 5. The molecule has 0 aliphatic heterocycles. The highest BCUT2D eigenvalue weighted by Crippen LogP contribution is 2.26. The number of rotatable bonds is 2. The van der Waals surface area contributed by atoms with Crippen molar-refractivity contribution in [3.05, 3.63) is 27.3 Å². The van der Waals surface area contributed by atoms with Crippen LogP contribution in [0.5, 0.6) is 5.75 Å². The molecule has 0 atom stereocenters. The van der Waals surface area contributed by atoms with Crippen molar-refractivity contribution in [3.63, 3.8) is 0 Å². The SMILES string of the molecule is FC(F)(F)Oc1cc(I)cc(CBr)c1. The minimum absolute atomic E-state index is 0.182. The lowest BCUT2D eigenvalue weighted by Gasteiger charge is -2.10. The van der Waals surface area contributed by atoms with E-state index >= 15 is 0 Å². The maximum atomic E-state index is 11.9. The van der Waals surface area contributed by atoms with Crippen LogP contribution in [0.25, 0.3) is 0 Å². The predicted octanol–water partition coefficient (Wildman–Crippen LogP) is 4.08. The molecule has 0 aliphatic rings. The van der Waals surface area contributed by atoms with Crippen LogP contribution in [0.15, 0.2) is 18.2 Å². The van der Waals surface area contributed by atoms with Crippen LogP contribution >= 0.6 is 38.5 Å². The summed E-state index contributed by atoms with van der Waals surface area (Å²) < 4.78 is 40.1. The van der Waals surface area contributed by atoms with Gasteiger partial charge < -0.3 is 4.74 Å². The van der Waals surface area contributed by atoms with Crippen molar-refractivity contribution >= 4 is 38.5 Å². The van der Waals surface area contributed by atoms with E-state index in [9.17, 15) is 13.2 Å². The molecule has 1 rings (SSSR count). The van der Waals surface area contributed by atoms with E-state index in [2.05, 4.69) is 20.7 Å². The average molecular weight is 381 g/mol. The largest absolute Gasteiger partial charge is 0.573 e. The van der Waals surface area contributed by atoms with E-state index < -0.39 is 6.36 Å². The monoisotopic (exact) mass is 380 g/mol. The summed E-state index contributed by atoms with van der Waals surface area (Å²) >= 11 is 5.10. The first-order valence-corrected chi connectivity index (χ1v) is 5.72. The summed E-state index contributed by atoms with van der Waals surface area (Å²) in [5.41, 5.74) is 0.746. The maximum absolute atomic E-state index is 11.9. The second-order valence-corrected chi connectivity index (χ2v) is 4.28. The van der Waals surface area contributed by atoms with Gasteiger partial charge in [-0.2, -0.15) is 0 Å². The Balaban J connectivity index is 2.92. The molecule has 1 aromatic rings. The fourth-order valence-corrected chi connectivity index (χ4v) is 1.92. The van der Waals surface area contributed by atoms with E-state index in [1.54, 1.807) is 6.07 Å². The molecule has 0 bridgehead atoms. The molecule has 78 valence electrons. The van der Waals surface area contributed by atoms with E-state index in [1.807, 2.05) is 22.6 Å². The van der Waals surface area contributed by atoms with E-state index in [0.29, 0.717) is 8.90 Å². The van der Waals surface area contributed by atoms with Gasteiger partial charge in [0.2, 0.25) is 0 Å². The van der Waals surface area contributed by atoms with Gasteiger partial charge >= 0.3 is 6.36 Å². The smallest absolute Gasteiger partial charge is 0.406 e. The Hall–Kier alpha value is 0.0200. The molecule has 14 heavy (non-hydrogen) atoms. The highest BCUT2D eigenvalue weighted by atomic mass is 127. The number of benzene rings is 1. The topological polar surface area (TPSA) is 9.23 Å². The maximum Gasteiger partial charge on any atom is 0.573 e. The van der Waals surface area contributed by atoms with Crippen molar-refractivity contribution in [2.45, 2.75) is 11.7 Å². The van der Waals surface area contributed by atoms with Crippen molar-refractivity contribution < 1.29 is 17.9 Å². The molecule has 0 N–H and O–H groups in total. The van der Waals surface area contributed by atoms with Crippen LogP contribution < -0.4 is 4.74 Å². The lowest BCUT2D eigenvalue weighted by molar-refractivity contribution is -0.274. The van der Waals surface area contributed by atoms with Crippen LogP contribution in [0, 0.1) is 3.57 Å². The molecular weight excluding hydrogens is 376 g/mol. The van der Waals surface area contributed by atoms with Crippen molar-refractivity contribution in [2.24, 2.45) is 0 Å². The molecule has 0 heterocycles. The zero-order valence-corrected chi connectivity index (χ0v) is 10.5. The molecule has 1 aromatic carbocycles. The minimum Gasteiger partial charge on any atom is -0.406 e. The van der Waals surface area contributed by atoms with Gasteiger partial charge in [-0.3, -0.25) is 0 Å². The predicted molar refractivity (Wildman–Crippen MR) is 58.5 cm³/mol. The number of hydrogen-bond donors (Lipinski definition) is 0. The van der Waals surface area contributed by atoms with Crippen LogP contribution in [-0.4, -0.2) is 6.36 Å². The Bertz CT molecular complexity index is 327. The molecule has 0 saturated carbocycles. The first kappa shape index (κ1) is 12.1. The van der Waals surface area contributed by atoms with E-state index in [0.717, 1.165) is 5.56 Å². The lowest BCUT2D eigenvalue weighted by Crippen LogP contribution is -2.17. The summed E-state index contributed by atoms with van der Waals surface area (Å²) in [5.74, 6) is -0.182. The summed E-state index contributed by atoms with van der Waals surface area (Å²) in [5, 5.41) is 0.498. The van der Waals surface area contributed by atoms with Crippen LogP contribution in [0.4, 0.5) is 13.2 Å². The van der Waals surface area contributed by atoms with Crippen molar-refractivity contribution in [2.75, 3.05) is 0 Å². The molecule has 0 saturated heterocycles. The zero-order chi connectivity index (χ0) is 10.8. The van der Waals surface area contributed by atoms with Gasteiger partial charge in [-0.05, 0) is 46.4 Å². The van der Waals surface area contributed by atoms with Gasteiger partial charge in [0.1, 0.15) is 5.75 Å². The highest BCUT2D eigenvalue weighted by Gasteiger charge is 2.31. The minimum atomic E-state index is -4.63. The first-order valence-electron chi connectivity index (χ1n) is 3.52. The van der Waals surface area contributed by atoms with Gasteiger partial charge in [-0.25, -0.2) is 0 Å². The van der Waals surface area contributed by atoms with Crippen molar-refractivity contribution in [3.8, 4) is 5.75 Å². The van der Waals surface area contributed by atoms with Gasteiger partial charge in [0.15, 0.2) is 0 Å². The Morgan fingerprint density at radius 2 is 1.93 bits per heavy atom. The molecule has 0 amide bonds. The van der Waals surface area contributed by atoms with Crippen LogP contribution in [0.1, 0.15) is 5.56 Å². The van der Waals surface area contributed by atoms with Crippen molar-refractivity contribution in [1.82, 2.24) is 0 Å². The second-order valence-electron chi connectivity index (χ2n) is 2.48. The molecule has 0 spiro atoms. The Morgan fingerprint density at radius 3 is 2.43 bits per heavy atom. The van der Waals surface area contributed by atoms with Crippen LogP contribution in [-0.2, 0) is 5.33 Å². The fourth-order valence-electron chi connectivity index (χ4n) is 0.890. The quantitative estimate of drug-likeness (QED) is 0.554. The second kappa shape index (κ2) is 4.69. The number of hydrogen-bond acceptors (Lipinski definition) is 1. The molecule has 0 unspecified atom stereocenters. The third kappa shape index (κ3) is 4.04. The molecule has 6 heteroatoms. The number of ether oxygens (including phenoxy) is 1. The first-order chi connectivity index (χ1) is 6.40. The Morgan fingerprint density at radius 1 is 1.29 bits per heavy atom. The summed E-state index contributed by atoms with van der Waals surface area (Å²) in [4.78, 5) is 0. The standard InChI is InChI=1S/C8H5BrF3IO/c9-4-5-1-6(13)3-7(2-5)14-8(10,11)12/h1-3H,4H2. The molecule has 0 fully saturated rings. The van der Waals surface area contributed by atoms with E-state index in [1.165, 1.54) is 12.1 Å². The average Bonchev–Trinajstić information content (AvgIpc) is 1.99. The van der Waals surface area contributed by atoms with Crippen molar-refractivity contribution in [1.29, 1.82) is 0 Å². The van der Waals surface area contributed by atoms with Gasteiger partial charge in [-0.15, -0.1) is 13.2 Å². The summed E-state index contributed by atoms with van der Waals surface area (Å²) in [6.45, 7) is 0. The summed E-state index contributed by atoms with van der Waals surface area (Å²) in [7, 11) is 0. The highest BCUT2D eigenvalue weighted by molar-refractivity contribution is 14.1. The van der Waals surface area contributed by atoms with Crippen LogP contribution in [0.2, 0.25) is 0 Å². The lowest BCUT2D eigenvalue weighted by atomic mass is 10.2. The number of alkyl halides is 4. The fraction of sp³-hybridized carbons (Fsp3) is 0.250. The van der Waals surface area contributed by atoms with Gasteiger partial charge in [0, 0.05) is 8.90 Å².